The molecule has 0 aromatic rings. The summed E-state index contributed by atoms with van der Waals surface area (Å²) in [6.07, 6.45) is 3.10. The molecular formula is C4H7B. The first-order chi connectivity index (χ1) is 2.31. The Labute approximate surface area is 33.0 Å². The van der Waals surface area contributed by atoms with Gasteiger partial charge in [-0.3, -0.25) is 0 Å². The smallest absolute Gasteiger partial charge is 0.0552 e. The molecule has 0 N–H and O–H groups in total. The van der Waals surface area contributed by atoms with E-state index in [1.807, 2.05) is 0 Å². The van der Waals surface area contributed by atoms with Crippen LogP contribution in [0.15, 0.2) is 0 Å². The minimum Gasteiger partial charge on any atom is -0.0552 e. The summed E-state index contributed by atoms with van der Waals surface area (Å²) in [6.45, 7) is 0. The first-order valence-corrected chi connectivity index (χ1v) is 2.31. The summed E-state index contributed by atoms with van der Waals surface area (Å²) in [7, 11) is 2.37. The summed E-state index contributed by atoms with van der Waals surface area (Å²) in [6, 6.07) is 0. The summed E-state index contributed by atoms with van der Waals surface area (Å²) in [5, 5.41) is 0.917. The quantitative estimate of drug-likeness (QED) is 0.354. The fraction of sp³-hybridized carbons (Fsp3) is 1.00. The highest BCUT2D eigenvalue weighted by Gasteiger charge is 2.64. The molecule has 0 spiro atoms. The topological polar surface area (TPSA) is 0 Å². The molecule has 0 heterocycles. The molecular weight excluding hydrogens is 58.9 g/mol. The highest BCUT2D eigenvalue weighted by molar-refractivity contribution is 6.20. The number of fused-ring (bicyclic) bond motifs is 1. The molecule has 2 fully saturated rings. The Morgan fingerprint density at radius 2 is 1.80 bits per heavy atom. The second-order valence-electron chi connectivity index (χ2n) is 2.76. The molecule has 1 heteroatoms. The Hall–Kier alpha value is 0.0649. The van der Waals surface area contributed by atoms with Gasteiger partial charge in [0.15, 0.2) is 0 Å². The van der Waals surface area contributed by atoms with E-state index in [1.165, 1.54) is 5.92 Å². The molecule has 2 saturated carbocycles. The first-order valence-electron chi connectivity index (χ1n) is 2.31. The van der Waals surface area contributed by atoms with E-state index in [0.717, 1.165) is 5.31 Å². The zero-order valence-electron chi connectivity index (χ0n) is 3.49. The van der Waals surface area contributed by atoms with E-state index in [-0.39, 0.29) is 0 Å². The van der Waals surface area contributed by atoms with Crippen LogP contribution >= 0.6 is 0 Å². The molecule has 0 amide bonds. The van der Waals surface area contributed by atoms with Crippen LogP contribution in [0, 0.1) is 5.92 Å². The first kappa shape index (κ1) is 2.28. The van der Waals surface area contributed by atoms with Gasteiger partial charge in [0.25, 0.3) is 0 Å². The van der Waals surface area contributed by atoms with E-state index in [0.29, 0.717) is 0 Å². The molecule has 2 aliphatic carbocycles. The predicted octanol–water partition coefficient (Wildman–Crippen LogP) is 0.202. The maximum absolute atomic E-state index is 2.37. The lowest BCUT2D eigenvalue weighted by molar-refractivity contribution is 0.925. The monoisotopic (exact) mass is 66.1 g/mol. The van der Waals surface area contributed by atoms with Crippen molar-refractivity contribution in [3.8, 4) is 0 Å². The van der Waals surface area contributed by atoms with Crippen molar-refractivity contribution in [1.29, 1.82) is 0 Å². The average Bonchev–Trinajstić information content (AvgIpc) is 1.74. The molecule has 2 rings (SSSR count). The van der Waals surface area contributed by atoms with Crippen LogP contribution in [-0.4, -0.2) is 7.85 Å². The van der Waals surface area contributed by atoms with Gasteiger partial charge in [-0.2, -0.15) is 0 Å². The lowest BCUT2D eigenvalue weighted by Crippen LogP contribution is -1.67. The SMILES string of the molecule is BC12CC1C2. The molecule has 0 saturated heterocycles. The summed E-state index contributed by atoms with van der Waals surface area (Å²) in [5.41, 5.74) is 0. The summed E-state index contributed by atoms with van der Waals surface area (Å²) in [4.78, 5) is 0. The van der Waals surface area contributed by atoms with Crippen molar-refractivity contribution in [2.24, 2.45) is 5.92 Å². The number of hydrogen-bond acceptors (Lipinski definition) is 0. The third kappa shape index (κ3) is 0.119. The predicted molar refractivity (Wildman–Crippen MR) is 24.0 cm³/mol. The van der Waals surface area contributed by atoms with E-state index in [4.69, 9.17) is 0 Å². The fourth-order valence-corrected chi connectivity index (χ4v) is 0.948. The van der Waals surface area contributed by atoms with Gasteiger partial charge in [0.05, 0.1) is 0 Å². The highest BCUT2D eigenvalue weighted by Crippen LogP contribution is 2.80. The van der Waals surface area contributed by atoms with Gasteiger partial charge < -0.3 is 0 Å². The Kier molecular flexibility index (Phi) is 0.142. The lowest BCUT2D eigenvalue weighted by atomic mass is 9.93. The molecule has 2 aliphatic rings. The van der Waals surface area contributed by atoms with Crippen molar-refractivity contribution in [3.63, 3.8) is 0 Å². The summed E-state index contributed by atoms with van der Waals surface area (Å²) < 4.78 is 0. The van der Waals surface area contributed by atoms with Gasteiger partial charge in [-0.1, -0.05) is 18.2 Å². The van der Waals surface area contributed by atoms with E-state index < -0.39 is 0 Å². The van der Waals surface area contributed by atoms with Crippen molar-refractivity contribution in [3.05, 3.63) is 0 Å². The van der Waals surface area contributed by atoms with Crippen LogP contribution in [0.25, 0.3) is 0 Å². The fourth-order valence-electron chi connectivity index (χ4n) is 0.948. The van der Waals surface area contributed by atoms with Crippen molar-refractivity contribution >= 4 is 7.85 Å². The molecule has 0 aliphatic heterocycles. The van der Waals surface area contributed by atoms with Crippen LogP contribution in [0.1, 0.15) is 12.8 Å². The molecule has 0 bridgehead atoms. The minimum atomic E-state index is 0.917. The molecule has 0 radical (unpaired) electrons. The van der Waals surface area contributed by atoms with Crippen molar-refractivity contribution in [2.75, 3.05) is 0 Å². The van der Waals surface area contributed by atoms with Crippen LogP contribution in [0.4, 0.5) is 0 Å². The zero-order valence-corrected chi connectivity index (χ0v) is 3.49. The van der Waals surface area contributed by atoms with Gasteiger partial charge in [0.2, 0.25) is 0 Å². The zero-order chi connectivity index (χ0) is 3.49. The largest absolute Gasteiger partial charge is 0.109 e. The van der Waals surface area contributed by atoms with Gasteiger partial charge in [0, 0.05) is 0 Å². The van der Waals surface area contributed by atoms with E-state index in [2.05, 4.69) is 7.85 Å². The van der Waals surface area contributed by atoms with Crippen molar-refractivity contribution in [2.45, 2.75) is 18.2 Å². The van der Waals surface area contributed by atoms with E-state index >= 15 is 0 Å². The Bertz CT molecular complexity index is 71.7. The van der Waals surface area contributed by atoms with Crippen LogP contribution in [0.2, 0.25) is 5.31 Å². The highest BCUT2D eigenvalue weighted by atomic mass is 14.7. The molecule has 5 heavy (non-hydrogen) atoms. The minimum absolute atomic E-state index is 0.917. The lowest BCUT2D eigenvalue weighted by Gasteiger charge is -1.78. The average molecular weight is 65.9 g/mol. The van der Waals surface area contributed by atoms with Gasteiger partial charge in [-0.05, 0) is 5.92 Å². The van der Waals surface area contributed by atoms with Crippen LogP contribution < -0.4 is 0 Å². The molecule has 0 nitrogen and oxygen atoms in total. The summed E-state index contributed by atoms with van der Waals surface area (Å²) >= 11 is 0. The second kappa shape index (κ2) is 0.312. The van der Waals surface area contributed by atoms with Gasteiger partial charge in [-0.25, -0.2) is 0 Å². The molecule has 0 aromatic carbocycles. The third-order valence-corrected chi connectivity index (χ3v) is 2.09. The molecule has 26 valence electrons. The maximum Gasteiger partial charge on any atom is 0.109 e. The summed E-state index contributed by atoms with van der Waals surface area (Å²) in [5.74, 6) is 1.20. The van der Waals surface area contributed by atoms with Gasteiger partial charge in [-0.15, -0.1) is 0 Å². The molecule has 0 atom stereocenters. The normalized spacial score (nSPS) is 70.0. The molecule has 0 unspecified atom stereocenters. The Balaban J connectivity index is 2.37. The van der Waals surface area contributed by atoms with Crippen molar-refractivity contribution in [1.82, 2.24) is 0 Å². The Morgan fingerprint density at radius 3 is 1.80 bits per heavy atom. The standard InChI is InChI=1S/C4H7B/c5-4-1-3(4)2-4/h3H,1-2,5H2. The second-order valence-corrected chi connectivity index (χ2v) is 2.76. The van der Waals surface area contributed by atoms with Gasteiger partial charge >= 0.3 is 0 Å². The number of hydrogen-bond donors (Lipinski definition) is 0. The molecule has 0 aromatic heterocycles. The number of rotatable bonds is 0. The maximum atomic E-state index is 2.37. The van der Waals surface area contributed by atoms with Crippen LogP contribution in [-0.2, 0) is 0 Å². The van der Waals surface area contributed by atoms with Crippen LogP contribution in [0.3, 0.4) is 0 Å². The van der Waals surface area contributed by atoms with Gasteiger partial charge in [0.1, 0.15) is 7.85 Å². The third-order valence-electron chi connectivity index (χ3n) is 2.09. The van der Waals surface area contributed by atoms with E-state index in [1.54, 1.807) is 12.8 Å². The van der Waals surface area contributed by atoms with Crippen molar-refractivity contribution < 1.29 is 0 Å². The van der Waals surface area contributed by atoms with E-state index in [9.17, 15) is 0 Å². The Morgan fingerprint density at radius 1 is 1.60 bits per heavy atom. The van der Waals surface area contributed by atoms with Crippen LogP contribution in [0.5, 0.6) is 0 Å².